The van der Waals surface area contributed by atoms with Crippen molar-refractivity contribution in [1.29, 1.82) is 0 Å². The fraction of sp³-hybridized carbons (Fsp3) is 0.286. The van der Waals surface area contributed by atoms with Crippen LogP contribution in [0.1, 0.15) is 40.3 Å². The van der Waals surface area contributed by atoms with E-state index < -0.39 is 0 Å². The number of amides is 1. The summed E-state index contributed by atoms with van der Waals surface area (Å²) >= 11 is 1.63. The van der Waals surface area contributed by atoms with Gasteiger partial charge in [-0.2, -0.15) is 0 Å². The van der Waals surface area contributed by atoms with Gasteiger partial charge in [0.05, 0.1) is 6.04 Å². The summed E-state index contributed by atoms with van der Waals surface area (Å²) in [5.41, 5.74) is 3.04. The second-order valence-corrected chi connectivity index (χ2v) is 7.82. The molecule has 0 spiro atoms. The van der Waals surface area contributed by atoms with Crippen LogP contribution in [0.5, 0.6) is 11.5 Å². The van der Waals surface area contributed by atoms with Crippen LogP contribution >= 0.6 is 11.8 Å². The normalized spacial score (nSPS) is 13.3. The summed E-state index contributed by atoms with van der Waals surface area (Å²) in [6.07, 6.45) is 0. The number of carbonyl (C=O) groups is 1. The molecule has 2 heterocycles. The van der Waals surface area contributed by atoms with Gasteiger partial charge in [-0.25, -0.2) is 0 Å². The molecule has 0 saturated carbocycles. The lowest BCUT2D eigenvalue weighted by Crippen LogP contribution is -2.28. The lowest BCUT2D eigenvalue weighted by Gasteiger charge is -2.14. The van der Waals surface area contributed by atoms with Gasteiger partial charge in [-0.3, -0.25) is 4.79 Å². The monoisotopic (exact) mass is 410 g/mol. The average Bonchev–Trinajstić information content (AvgIpc) is 3.33. The van der Waals surface area contributed by atoms with Gasteiger partial charge in [0.15, 0.2) is 22.5 Å². The molecule has 4 rings (SSSR count). The van der Waals surface area contributed by atoms with Gasteiger partial charge < -0.3 is 19.4 Å². The first-order valence-corrected chi connectivity index (χ1v) is 10.3. The molecule has 8 heteroatoms. The van der Waals surface area contributed by atoms with Crippen LogP contribution in [0, 0.1) is 6.92 Å². The van der Waals surface area contributed by atoms with Crippen molar-refractivity contribution in [3.8, 4) is 11.5 Å². The number of fused-ring (bicyclic) bond motifs is 1. The summed E-state index contributed by atoms with van der Waals surface area (Å²) < 4.78 is 12.6. The van der Waals surface area contributed by atoms with Gasteiger partial charge in [0.1, 0.15) is 0 Å². The van der Waals surface area contributed by atoms with E-state index in [0.717, 1.165) is 10.9 Å². The minimum absolute atomic E-state index is 0.179. The van der Waals surface area contributed by atoms with E-state index in [0.29, 0.717) is 22.9 Å². The number of ether oxygens (including phenoxy) is 2. The summed E-state index contributed by atoms with van der Waals surface area (Å²) in [6.45, 7) is 4.18. The van der Waals surface area contributed by atoms with Crippen LogP contribution in [0.4, 0.5) is 0 Å². The molecular formula is C21H22N4O3S. The van der Waals surface area contributed by atoms with Gasteiger partial charge in [-0.1, -0.05) is 36.0 Å². The highest BCUT2D eigenvalue weighted by Crippen LogP contribution is 2.32. The smallest absolute Gasteiger partial charge is 0.252 e. The first-order chi connectivity index (χ1) is 14.0. The molecule has 0 aliphatic carbocycles. The van der Waals surface area contributed by atoms with Gasteiger partial charge >= 0.3 is 0 Å². The molecule has 2 aromatic carbocycles. The fourth-order valence-corrected chi connectivity index (χ4v) is 4.12. The minimum atomic E-state index is -0.293. The number of hydrogen-bond donors (Lipinski definition) is 1. The van der Waals surface area contributed by atoms with Crippen LogP contribution in [0.3, 0.4) is 0 Å². The summed E-state index contributed by atoms with van der Waals surface area (Å²) in [6, 6.07) is 13.1. The number of nitrogens with one attached hydrogen (secondary N) is 1. The maximum absolute atomic E-state index is 12.6. The third-order valence-corrected chi connectivity index (χ3v) is 5.93. The Morgan fingerprint density at radius 3 is 2.83 bits per heavy atom. The molecular weight excluding hydrogens is 388 g/mol. The number of thioether (sulfide) groups is 1. The summed E-state index contributed by atoms with van der Waals surface area (Å²) in [5, 5.41) is 12.4. The zero-order chi connectivity index (χ0) is 20.4. The minimum Gasteiger partial charge on any atom is -0.454 e. The SMILES string of the molecule is Cc1ccccc1CSc1nnc(C(C)NC(=O)c2ccc3c(c2)OCO3)n1C. The van der Waals surface area contributed by atoms with E-state index in [9.17, 15) is 4.79 Å². The Bertz CT molecular complexity index is 1050. The molecule has 1 amide bonds. The molecule has 0 bridgehead atoms. The number of hydrogen-bond acceptors (Lipinski definition) is 6. The summed E-state index contributed by atoms with van der Waals surface area (Å²) in [4.78, 5) is 12.6. The third-order valence-electron chi connectivity index (χ3n) is 4.86. The van der Waals surface area contributed by atoms with E-state index in [1.165, 1.54) is 11.1 Å². The van der Waals surface area contributed by atoms with Crippen molar-refractivity contribution in [2.24, 2.45) is 7.05 Å². The second-order valence-electron chi connectivity index (χ2n) is 6.88. The Morgan fingerprint density at radius 1 is 1.21 bits per heavy atom. The van der Waals surface area contributed by atoms with Crippen molar-refractivity contribution >= 4 is 17.7 Å². The molecule has 7 nitrogen and oxygen atoms in total. The number of nitrogens with zero attached hydrogens (tertiary/aromatic N) is 3. The molecule has 0 radical (unpaired) electrons. The van der Waals surface area contributed by atoms with Gasteiger partial charge in [0, 0.05) is 18.4 Å². The third kappa shape index (κ3) is 4.07. The molecule has 1 aliphatic heterocycles. The van der Waals surface area contributed by atoms with E-state index in [-0.39, 0.29) is 18.7 Å². The zero-order valence-corrected chi connectivity index (χ0v) is 17.3. The molecule has 29 heavy (non-hydrogen) atoms. The highest BCUT2D eigenvalue weighted by Gasteiger charge is 2.21. The van der Waals surface area contributed by atoms with Gasteiger partial charge in [-0.15, -0.1) is 10.2 Å². The lowest BCUT2D eigenvalue weighted by atomic mass is 10.1. The van der Waals surface area contributed by atoms with Crippen LogP contribution in [0.25, 0.3) is 0 Å². The van der Waals surface area contributed by atoms with Crippen LogP contribution < -0.4 is 14.8 Å². The van der Waals surface area contributed by atoms with E-state index in [1.54, 1.807) is 30.0 Å². The predicted molar refractivity (Wildman–Crippen MR) is 110 cm³/mol. The topological polar surface area (TPSA) is 78.3 Å². The second kappa shape index (κ2) is 8.16. The van der Waals surface area contributed by atoms with Gasteiger partial charge in [-0.05, 0) is 43.2 Å². The summed E-state index contributed by atoms with van der Waals surface area (Å²) in [5.74, 6) is 2.55. The van der Waals surface area contributed by atoms with Crippen molar-refractivity contribution in [1.82, 2.24) is 20.1 Å². The van der Waals surface area contributed by atoms with Crippen molar-refractivity contribution in [2.45, 2.75) is 30.8 Å². The van der Waals surface area contributed by atoms with Crippen LogP contribution in [-0.4, -0.2) is 27.5 Å². The van der Waals surface area contributed by atoms with Crippen molar-refractivity contribution < 1.29 is 14.3 Å². The van der Waals surface area contributed by atoms with Crippen LogP contribution in [0.15, 0.2) is 47.6 Å². The molecule has 0 fully saturated rings. The fourth-order valence-electron chi connectivity index (χ4n) is 3.13. The molecule has 1 unspecified atom stereocenters. The van der Waals surface area contributed by atoms with E-state index >= 15 is 0 Å². The van der Waals surface area contributed by atoms with Crippen molar-refractivity contribution in [3.05, 3.63) is 65.0 Å². The number of carbonyl (C=O) groups excluding carboxylic acids is 1. The quantitative estimate of drug-likeness (QED) is 0.625. The van der Waals surface area contributed by atoms with Crippen molar-refractivity contribution in [3.63, 3.8) is 0 Å². The molecule has 1 aromatic heterocycles. The number of rotatable bonds is 6. The van der Waals surface area contributed by atoms with E-state index in [4.69, 9.17) is 9.47 Å². The van der Waals surface area contributed by atoms with E-state index in [1.807, 2.05) is 30.7 Å². The lowest BCUT2D eigenvalue weighted by molar-refractivity contribution is 0.0937. The molecule has 0 saturated heterocycles. The zero-order valence-electron chi connectivity index (χ0n) is 16.5. The Labute approximate surface area is 173 Å². The molecule has 1 N–H and O–H groups in total. The van der Waals surface area contributed by atoms with Crippen molar-refractivity contribution in [2.75, 3.05) is 6.79 Å². The maximum atomic E-state index is 12.6. The standard InChI is InChI=1S/C21H22N4O3S/c1-13-6-4-5-7-16(13)11-29-21-24-23-19(25(21)3)14(2)22-20(26)15-8-9-17-18(10-15)28-12-27-17/h4-10,14H,11-12H2,1-3H3,(H,22,26). The first kappa shape index (κ1) is 19.3. The highest BCUT2D eigenvalue weighted by atomic mass is 32.2. The van der Waals surface area contributed by atoms with Gasteiger partial charge in [0.2, 0.25) is 6.79 Å². The van der Waals surface area contributed by atoms with Gasteiger partial charge in [0.25, 0.3) is 5.91 Å². The molecule has 1 aliphatic rings. The Kier molecular flexibility index (Phi) is 5.44. The van der Waals surface area contributed by atoms with Crippen LogP contribution in [0.2, 0.25) is 0 Å². The maximum Gasteiger partial charge on any atom is 0.252 e. The van der Waals surface area contributed by atoms with Crippen LogP contribution in [-0.2, 0) is 12.8 Å². The largest absolute Gasteiger partial charge is 0.454 e. The Hall–Kier alpha value is -3.00. The highest BCUT2D eigenvalue weighted by molar-refractivity contribution is 7.98. The van der Waals surface area contributed by atoms with E-state index in [2.05, 4.69) is 34.6 Å². The Morgan fingerprint density at radius 2 is 2.00 bits per heavy atom. The predicted octanol–water partition coefficient (Wildman–Crippen LogP) is 3.64. The average molecular weight is 410 g/mol. The first-order valence-electron chi connectivity index (χ1n) is 9.30. The molecule has 1 atom stereocenters. The Balaban J connectivity index is 1.42. The summed E-state index contributed by atoms with van der Waals surface area (Å²) in [7, 11) is 1.92. The number of benzene rings is 2. The molecule has 3 aromatic rings. The number of aryl methyl sites for hydroxylation is 1. The molecule has 150 valence electrons. The number of aromatic nitrogens is 3.